The Hall–Kier alpha value is -2.02. The van der Waals surface area contributed by atoms with E-state index in [1.807, 2.05) is 6.07 Å². The molecular formula is C9H6N2O2. The average molecular weight is 174 g/mol. The van der Waals surface area contributed by atoms with Crippen LogP contribution in [-0.4, -0.2) is 4.98 Å². The minimum Gasteiger partial charge on any atom is -0.464 e. The summed E-state index contributed by atoms with van der Waals surface area (Å²) in [5.74, 6) is 0. The minimum absolute atomic E-state index is 0.189. The molecule has 0 bridgehead atoms. The van der Waals surface area contributed by atoms with Gasteiger partial charge in [0.25, 0.3) is 5.56 Å². The van der Waals surface area contributed by atoms with Crippen LogP contribution < -0.4 is 5.56 Å². The Morgan fingerprint density at radius 1 is 1.62 bits per heavy atom. The summed E-state index contributed by atoms with van der Waals surface area (Å²) in [7, 11) is 0. The lowest BCUT2D eigenvalue weighted by Crippen LogP contribution is -2.05. The molecule has 4 nitrogen and oxygen atoms in total. The topological polar surface area (TPSA) is 69.8 Å². The van der Waals surface area contributed by atoms with Crippen LogP contribution in [0.2, 0.25) is 0 Å². The molecular weight excluding hydrogens is 168 g/mol. The van der Waals surface area contributed by atoms with E-state index in [9.17, 15) is 4.79 Å². The highest BCUT2D eigenvalue weighted by Crippen LogP contribution is 2.15. The van der Waals surface area contributed by atoms with E-state index in [0.717, 1.165) is 0 Å². The van der Waals surface area contributed by atoms with Crippen LogP contribution >= 0.6 is 0 Å². The van der Waals surface area contributed by atoms with E-state index in [1.165, 1.54) is 12.5 Å². The monoisotopic (exact) mass is 174 g/mol. The first-order valence-electron chi connectivity index (χ1n) is 3.77. The van der Waals surface area contributed by atoms with E-state index in [1.54, 1.807) is 6.07 Å². The molecule has 2 rings (SSSR count). The van der Waals surface area contributed by atoms with Gasteiger partial charge in [0.1, 0.15) is 5.58 Å². The molecule has 2 aromatic rings. The lowest BCUT2D eigenvalue weighted by atomic mass is 10.2. The lowest BCUT2D eigenvalue weighted by Gasteiger charge is -1.94. The Morgan fingerprint density at radius 2 is 2.46 bits per heavy atom. The third kappa shape index (κ3) is 1.11. The molecule has 64 valence electrons. The normalized spacial score (nSPS) is 10.1. The van der Waals surface area contributed by atoms with Crippen molar-refractivity contribution < 1.29 is 4.42 Å². The zero-order valence-corrected chi connectivity index (χ0v) is 6.70. The predicted molar refractivity (Wildman–Crippen MR) is 46.2 cm³/mol. The fourth-order valence-corrected chi connectivity index (χ4v) is 1.25. The van der Waals surface area contributed by atoms with Gasteiger partial charge in [-0.05, 0) is 6.07 Å². The van der Waals surface area contributed by atoms with E-state index >= 15 is 0 Å². The summed E-state index contributed by atoms with van der Waals surface area (Å²) in [5.41, 5.74) is 1.03. The minimum atomic E-state index is -0.189. The molecule has 0 fully saturated rings. The molecule has 0 atom stereocenters. The van der Waals surface area contributed by atoms with Gasteiger partial charge in [0.15, 0.2) is 0 Å². The van der Waals surface area contributed by atoms with Gasteiger partial charge in [-0.2, -0.15) is 5.26 Å². The van der Waals surface area contributed by atoms with Gasteiger partial charge < -0.3 is 9.40 Å². The molecule has 0 saturated carbocycles. The predicted octanol–water partition coefficient (Wildman–Crippen LogP) is 1.19. The zero-order chi connectivity index (χ0) is 9.26. The van der Waals surface area contributed by atoms with Gasteiger partial charge in [0, 0.05) is 11.8 Å². The van der Waals surface area contributed by atoms with Crippen molar-refractivity contribution in [2.24, 2.45) is 0 Å². The molecule has 0 aliphatic carbocycles. The van der Waals surface area contributed by atoms with Crippen molar-refractivity contribution in [3.8, 4) is 6.07 Å². The maximum absolute atomic E-state index is 11.2. The summed E-state index contributed by atoms with van der Waals surface area (Å²) in [6.45, 7) is 0. The van der Waals surface area contributed by atoms with Gasteiger partial charge in [-0.15, -0.1) is 0 Å². The van der Waals surface area contributed by atoms with E-state index in [0.29, 0.717) is 16.5 Å². The molecule has 0 amide bonds. The number of nitrogens with one attached hydrogen (secondary N) is 1. The number of furan rings is 1. The Morgan fingerprint density at radius 3 is 3.23 bits per heavy atom. The van der Waals surface area contributed by atoms with Crippen molar-refractivity contribution in [2.45, 2.75) is 6.42 Å². The number of nitriles is 1. The number of aromatic amines is 1. The fourth-order valence-electron chi connectivity index (χ4n) is 1.25. The van der Waals surface area contributed by atoms with Crippen molar-refractivity contribution >= 4 is 11.0 Å². The van der Waals surface area contributed by atoms with Crippen LogP contribution in [0.5, 0.6) is 0 Å². The summed E-state index contributed by atoms with van der Waals surface area (Å²) < 4.78 is 5.11. The highest BCUT2D eigenvalue weighted by atomic mass is 16.3. The van der Waals surface area contributed by atoms with Crippen LogP contribution in [0.1, 0.15) is 5.56 Å². The molecule has 13 heavy (non-hydrogen) atoms. The summed E-state index contributed by atoms with van der Waals surface area (Å²) >= 11 is 0. The molecule has 0 aliphatic rings. The van der Waals surface area contributed by atoms with Gasteiger partial charge in [-0.3, -0.25) is 4.79 Å². The Kier molecular flexibility index (Phi) is 1.64. The number of hydrogen-bond acceptors (Lipinski definition) is 3. The molecule has 0 aromatic carbocycles. The molecule has 2 aromatic heterocycles. The van der Waals surface area contributed by atoms with Crippen LogP contribution in [0, 0.1) is 11.3 Å². The summed E-state index contributed by atoms with van der Waals surface area (Å²) in [6, 6.07) is 3.60. The molecule has 0 unspecified atom stereocenters. The van der Waals surface area contributed by atoms with Gasteiger partial charge in [0.05, 0.1) is 24.1 Å². The fraction of sp³-hybridized carbons (Fsp3) is 0.111. The average Bonchev–Trinajstić information content (AvgIpc) is 2.59. The quantitative estimate of drug-likeness (QED) is 0.705. The van der Waals surface area contributed by atoms with Gasteiger partial charge in [-0.1, -0.05) is 0 Å². The highest BCUT2D eigenvalue weighted by molar-refractivity contribution is 5.79. The number of aromatic nitrogens is 1. The second kappa shape index (κ2) is 2.79. The maximum Gasteiger partial charge on any atom is 0.259 e. The van der Waals surface area contributed by atoms with E-state index in [4.69, 9.17) is 9.68 Å². The SMILES string of the molecule is N#CCc1c[nH]c(=O)c2ccoc12. The second-order valence-electron chi connectivity index (χ2n) is 2.64. The van der Waals surface area contributed by atoms with Gasteiger partial charge >= 0.3 is 0 Å². The summed E-state index contributed by atoms with van der Waals surface area (Å²) in [5, 5.41) is 9.00. The summed E-state index contributed by atoms with van der Waals surface area (Å²) in [4.78, 5) is 13.7. The number of nitrogens with zero attached hydrogens (tertiary/aromatic N) is 1. The van der Waals surface area contributed by atoms with Crippen LogP contribution in [-0.2, 0) is 6.42 Å². The number of fused-ring (bicyclic) bond motifs is 1. The maximum atomic E-state index is 11.2. The molecule has 1 N–H and O–H groups in total. The number of H-pyrrole nitrogens is 1. The van der Waals surface area contributed by atoms with Crippen LogP contribution in [0.3, 0.4) is 0 Å². The van der Waals surface area contributed by atoms with Crippen molar-refractivity contribution in [2.75, 3.05) is 0 Å². The zero-order valence-electron chi connectivity index (χ0n) is 6.70. The molecule has 0 spiro atoms. The van der Waals surface area contributed by atoms with Crippen molar-refractivity contribution in [3.05, 3.63) is 34.4 Å². The molecule has 0 saturated heterocycles. The number of hydrogen-bond donors (Lipinski definition) is 1. The van der Waals surface area contributed by atoms with Crippen molar-refractivity contribution in [3.63, 3.8) is 0 Å². The third-order valence-electron chi connectivity index (χ3n) is 1.85. The first kappa shape index (κ1) is 7.62. The Bertz CT molecular complexity index is 530. The smallest absolute Gasteiger partial charge is 0.259 e. The lowest BCUT2D eigenvalue weighted by molar-refractivity contribution is 0.611. The van der Waals surface area contributed by atoms with E-state index < -0.39 is 0 Å². The number of pyridine rings is 1. The van der Waals surface area contributed by atoms with Crippen molar-refractivity contribution in [1.82, 2.24) is 4.98 Å². The third-order valence-corrected chi connectivity index (χ3v) is 1.85. The van der Waals surface area contributed by atoms with Gasteiger partial charge in [0.2, 0.25) is 0 Å². The first-order chi connectivity index (χ1) is 6.33. The van der Waals surface area contributed by atoms with Crippen molar-refractivity contribution in [1.29, 1.82) is 5.26 Å². The summed E-state index contributed by atoms with van der Waals surface area (Å²) in [6.07, 6.45) is 3.19. The standard InChI is InChI=1S/C9H6N2O2/c10-3-1-6-5-11-9(12)7-2-4-13-8(6)7/h2,4-5H,1H2,(H,11,12). The highest BCUT2D eigenvalue weighted by Gasteiger charge is 2.06. The number of rotatable bonds is 1. The Balaban J connectivity index is 2.80. The van der Waals surface area contributed by atoms with Crippen LogP contribution in [0.25, 0.3) is 11.0 Å². The molecule has 2 heterocycles. The Labute approximate surface area is 73.4 Å². The van der Waals surface area contributed by atoms with E-state index in [2.05, 4.69) is 4.98 Å². The molecule has 0 radical (unpaired) electrons. The van der Waals surface area contributed by atoms with Crippen LogP contribution in [0.15, 0.2) is 27.7 Å². The second-order valence-corrected chi connectivity index (χ2v) is 2.64. The molecule has 0 aliphatic heterocycles. The first-order valence-corrected chi connectivity index (χ1v) is 3.77. The molecule has 4 heteroatoms. The van der Waals surface area contributed by atoms with Gasteiger partial charge in [-0.25, -0.2) is 0 Å². The van der Waals surface area contributed by atoms with E-state index in [-0.39, 0.29) is 12.0 Å². The van der Waals surface area contributed by atoms with Crippen LogP contribution in [0.4, 0.5) is 0 Å². The largest absolute Gasteiger partial charge is 0.464 e.